The van der Waals surface area contributed by atoms with Gasteiger partial charge in [-0.05, 0) is 55.5 Å². The van der Waals surface area contributed by atoms with Crippen LogP contribution < -0.4 is 9.47 Å². The lowest BCUT2D eigenvalue weighted by Crippen LogP contribution is -2.11. The van der Waals surface area contributed by atoms with Crippen molar-refractivity contribution in [2.75, 3.05) is 13.7 Å². The number of methoxy groups -OCH3 is 1. The van der Waals surface area contributed by atoms with Crippen LogP contribution in [0.25, 0.3) is 22.8 Å². The SMILES string of the molecule is COc1cccc(C(=O)COc2ccc(-c3noc(-c4ccc(C)cc4)n3)cc2)c1. The first-order chi connectivity index (χ1) is 14.6. The Labute approximate surface area is 174 Å². The highest BCUT2D eigenvalue weighted by molar-refractivity contribution is 5.97. The van der Waals surface area contributed by atoms with Crippen molar-refractivity contribution < 1.29 is 18.8 Å². The zero-order valence-corrected chi connectivity index (χ0v) is 16.7. The highest BCUT2D eigenvalue weighted by atomic mass is 16.5. The molecule has 0 fully saturated rings. The Morgan fingerprint density at radius 3 is 2.40 bits per heavy atom. The van der Waals surface area contributed by atoms with Gasteiger partial charge in [-0.15, -0.1) is 0 Å². The molecular weight excluding hydrogens is 380 g/mol. The Morgan fingerprint density at radius 2 is 1.67 bits per heavy atom. The van der Waals surface area contributed by atoms with Crippen LogP contribution in [0.2, 0.25) is 0 Å². The van der Waals surface area contributed by atoms with E-state index in [1.54, 1.807) is 43.5 Å². The summed E-state index contributed by atoms with van der Waals surface area (Å²) < 4.78 is 16.1. The molecule has 6 nitrogen and oxygen atoms in total. The Hall–Kier alpha value is -3.93. The Kier molecular flexibility index (Phi) is 5.57. The van der Waals surface area contributed by atoms with E-state index in [4.69, 9.17) is 14.0 Å². The van der Waals surface area contributed by atoms with Crippen LogP contribution in [0.1, 0.15) is 15.9 Å². The second-order valence-corrected chi connectivity index (χ2v) is 6.76. The molecule has 0 aliphatic heterocycles. The third kappa shape index (κ3) is 4.38. The van der Waals surface area contributed by atoms with Crippen LogP contribution in [0.5, 0.6) is 11.5 Å². The van der Waals surface area contributed by atoms with Crippen LogP contribution in [0.15, 0.2) is 77.3 Å². The molecule has 0 radical (unpaired) electrons. The predicted molar refractivity (Wildman–Crippen MR) is 113 cm³/mol. The Bertz CT molecular complexity index is 1150. The number of benzene rings is 3. The zero-order valence-electron chi connectivity index (χ0n) is 16.7. The quantitative estimate of drug-likeness (QED) is 0.407. The summed E-state index contributed by atoms with van der Waals surface area (Å²) in [6.07, 6.45) is 0. The molecule has 0 aliphatic carbocycles. The normalized spacial score (nSPS) is 10.6. The lowest BCUT2D eigenvalue weighted by molar-refractivity contribution is 0.0921. The van der Waals surface area contributed by atoms with E-state index in [1.165, 1.54) is 5.56 Å². The molecule has 4 rings (SSSR count). The number of aryl methyl sites for hydroxylation is 1. The first-order valence-corrected chi connectivity index (χ1v) is 9.43. The van der Waals surface area contributed by atoms with Gasteiger partial charge in [0.1, 0.15) is 11.5 Å². The van der Waals surface area contributed by atoms with E-state index in [0.717, 1.165) is 11.1 Å². The summed E-state index contributed by atoms with van der Waals surface area (Å²) in [5.74, 6) is 2.05. The number of nitrogens with zero attached hydrogens (tertiary/aromatic N) is 2. The van der Waals surface area contributed by atoms with Crippen molar-refractivity contribution in [2.45, 2.75) is 6.92 Å². The van der Waals surface area contributed by atoms with Crippen molar-refractivity contribution in [3.05, 3.63) is 83.9 Å². The monoisotopic (exact) mass is 400 g/mol. The number of hydrogen-bond acceptors (Lipinski definition) is 6. The van der Waals surface area contributed by atoms with Crippen LogP contribution >= 0.6 is 0 Å². The van der Waals surface area contributed by atoms with Crippen LogP contribution in [-0.2, 0) is 0 Å². The van der Waals surface area contributed by atoms with Crippen LogP contribution in [0.3, 0.4) is 0 Å². The average molecular weight is 400 g/mol. The summed E-state index contributed by atoms with van der Waals surface area (Å²) in [5, 5.41) is 4.05. The number of carbonyl (C=O) groups excluding carboxylic acids is 1. The fraction of sp³-hybridized carbons (Fsp3) is 0.125. The van der Waals surface area contributed by atoms with Gasteiger partial charge in [-0.2, -0.15) is 4.98 Å². The summed E-state index contributed by atoms with van der Waals surface area (Å²) in [4.78, 5) is 16.8. The minimum absolute atomic E-state index is 0.0632. The number of aromatic nitrogens is 2. The molecule has 0 saturated carbocycles. The van der Waals surface area contributed by atoms with E-state index >= 15 is 0 Å². The van der Waals surface area contributed by atoms with Crippen molar-refractivity contribution in [2.24, 2.45) is 0 Å². The van der Waals surface area contributed by atoms with Crippen molar-refractivity contribution in [3.8, 4) is 34.3 Å². The van der Waals surface area contributed by atoms with Gasteiger partial charge in [0.25, 0.3) is 5.89 Å². The smallest absolute Gasteiger partial charge is 0.258 e. The second kappa shape index (κ2) is 8.61. The predicted octanol–water partition coefficient (Wildman–Crippen LogP) is 4.98. The summed E-state index contributed by atoms with van der Waals surface area (Å²) in [6.45, 7) is 1.96. The minimum Gasteiger partial charge on any atom is -0.497 e. The summed E-state index contributed by atoms with van der Waals surface area (Å²) in [6, 6.07) is 22.1. The molecule has 1 heterocycles. The lowest BCUT2D eigenvalue weighted by atomic mass is 10.1. The van der Waals surface area contributed by atoms with Gasteiger partial charge < -0.3 is 14.0 Å². The fourth-order valence-electron chi connectivity index (χ4n) is 2.88. The summed E-state index contributed by atoms with van der Waals surface area (Å²) in [5.41, 5.74) is 3.37. The van der Waals surface area contributed by atoms with Gasteiger partial charge in [0, 0.05) is 16.7 Å². The van der Waals surface area contributed by atoms with Crippen molar-refractivity contribution in [1.29, 1.82) is 0 Å². The van der Waals surface area contributed by atoms with Crippen molar-refractivity contribution >= 4 is 5.78 Å². The third-order valence-electron chi connectivity index (χ3n) is 4.60. The molecule has 0 aliphatic rings. The maximum Gasteiger partial charge on any atom is 0.258 e. The number of ether oxygens (including phenoxy) is 2. The van der Waals surface area contributed by atoms with Gasteiger partial charge >= 0.3 is 0 Å². The minimum atomic E-state index is -0.126. The van der Waals surface area contributed by atoms with Gasteiger partial charge in [0.2, 0.25) is 5.82 Å². The van der Waals surface area contributed by atoms with Crippen LogP contribution in [0.4, 0.5) is 0 Å². The highest BCUT2D eigenvalue weighted by Gasteiger charge is 2.12. The molecule has 1 aromatic heterocycles. The van der Waals surface area contributed by atoms with E-state index in [0.29, 0.717) is 28.8 Å². The summed E-state index contributed by atoms with van der Waals surface area (Å²) in [7, 11) is 1.56. The average Bonchev–Trinajstić information content (AvgIpc) is 3.28. The maximum atomic E-state index is 12.3. The van der Waals surface area contributed by atoms with E-state index in [1.807, 2.05) is 43.3 Å². The molecule has 0 N–H and O–H groups in total. The Balaban J connectivity index is 1.40. The third-order valence-corrected chi connectivity index (χ3v) is 4.60. The topological polar surface area (TPSA) is 74.5 Å². The van der Waals surface area contributed by atoms with E-state index in [2.05, 4.69) is 10.1 Å². The van der Waals surface area contributed by atoms with Gasteiger partial charge in [-0.1, -0.05) is 35.0 Å². The molecule has 6 heteroatoms. The van der Waals surface area contributed by atoms with E-state index in [-0.39, 0.29) is 12.4 Å². The van der Waals surface area contributed by atoms with E-state index < -0.39 is 0 Å². The number of rotatable bonds is 7. The number of ketones is 1. The second-order valence-electron chi connectivity index (χ2n) is 6.76. The molecule has 0 atom stereocenters. The van der Waals surface area contributed by atoms with Crippen molar-refractivity contribution in [1.82, 2.24) is 10.1 Å². The zero-order chi connectivity index (χ0) is 20.9. The van der Waals surface area contributed by atoms with Gasteiger partial charge in [0.15, 0.2) is 12.4 Å². The lowest BCUT2D eigenvalue weighted by Gasteiger charge is -2.07. The van der Waals surface area contributed by atoms with Gasteiger partial charge in [0.05, 0.1) is 7.11 Å². The first kappa shape index (κ1) is 19.4. The molecule has 0 spiro atoms. The molecule has 150 valence electrons. The number of Topliss-reactive ketones (excluding diaryl/α,β-unsaturated/α-hetero) is 1. The highest BCUT2D eigenvalue weighted by Crippen LogP contribution is 2.24. The largest absolute Gasteiger partial charge is 0.497 e. The van der Waals surface area contributed by atoms with Gasteiger partial charge in [-0.3, -0.25) is 4.79 Å². The van der Waals surface area contributed by atoms with Crippen molar-refractivity contribution in [3.63, 3.8) is 0 Å². The molecule has 3 aromatic carbocycles. The number of carbonyl (C=O) groups is 1. The van der Waals surface area contributed by atoms with Crippen LogP contribution in [-0.4, -0.2) is 29.6 Å². The molecule has 0 amide bonds. The molecule has 0 bridgehead atoms. The molecule has 4 aromatic rings. The number of hydrogen-bond donors (Lipinski definition) is 0. The van der Waals surface area contributed by atoms with Crippen LogP contribution in [0, 0.1) is 6.92 Å². The molecule has 0 saturated heterocycles. The standard InChI is InChI=1S/C24H20N2O4/c1-16-6-8-18(9-7-16)24-25-23(26-30-24)17-10-12-20(13-11-17)29-15-22(27)19-4-3-5-21(14-19)28-2/h3-14H,15H2,1-2H3. The molecular formula is C24H20N2O4. The van der Waals surface area contributed by atoms with Gasteiger partial charge in [-0.25, -0.2) is 0 Å². The maximum absolute atomic E-state index is 12.3. The Morgan fingerprint density at radius 1 is 0.933 bits per heavy atom. The van der Waals surface area contributed by atoms with E-state index in [9.17, 15) is 4.79 Å². The fourth-order valence-corrected chi connectivity index (χ4v) is 2.88. The first-order valence-electron chi connectivity index (χ1n) is 9.43. The molecule has 30 heavy (non-hydrogen) atoms. The summed E-state index contributed by atoms with van der Waals surface area (Å²) >= 11 is 0. The molecule has 0 unspecified atom stereocenters.